The quantitative estimate of drug-likeness (QED) is 0.181. The molecular weight excluding hydrogens is 611 g/mol. The lowest BCUT2D eigenvalue weighted by molar-refractivity contribution is 1.18. The fourth-order valence-corrected chi connectivity index (χ4v) is 7.37. The summed E-state index contributed by atoms with van der Waals surface area (Å²) in [5, 5.41) is 23.6. The molecule has 0 unspecified atom stereocenters. The summed E-state index contributed by atoms with van der Waals surface area (Å²) in [4.78, 5) is 3.83. The molecule has 5 heteroatoms. The van der Waals surface area contributed by atoms with Crippen LogP contribution >= 0.6 is 0 Å². The van der Waals surface area contributed by atoms with Crippen molar-refractivity contribution >= 4 is 49.3 Å². The molecular formula is C45H25N5. The van der Waals surface area contributed by atoms with E-state index < -0.39 is 0 Å². The first-order chi connectivity index (χ1) is 24.7. The molecule has 9 aromatic rings. The van der Waals surface area contributed by atoms with Crippen LogP contribution in [0.5, 0.6) is 0 Å². The Kier molecular flexibility index (Phi) is 6.56. The van der Waals surface area contributed by atoms with Crippen LogP contribution in [0.4, 0.5) is 5.69 Å². The number of benzene rings is 7. The molecule has 0 aliphatic rings. The average Bonchev–Trinajstić information content (AvgIpc) is 3.70. The topological polar surface area (TPSA) is 61.8 Å². The first kappa shape index (κ1) is 28.8. The molecule has 0 fully saturated rings. The van der Waals surface area contributed by atoms with E-state index in [1.807, 2.05) is 72.8 Å². The van der Waals surface area contributed by atoms with Gasteiger partial charge in [0.2, 0.25) is 0 Å². The minimum absolute atomic E-state index is 0.584. The van der Waals surface area contributed by atoms with Crippen molar-refractivity contribution in [3.63, 3.8) is 0 Å². The van der Waals surface area contributed by atoms with Crippen LogP contribution in [0, 0.1) is 29.2 Å². The van der Waals surface area contributed by atoms with Crippen molar-refractivity contribution in [2.45, 2.75) is 0 Å². The lowest BCUT2D eigenvalue weighted by atomic mass is 9.97. The predicted octanol–water partition coefficient (Wildman–Crippen LogP) is 11.5. The number of rotatable bonds is 4. The lowest BCUT2D eigenvalue weighted by Crippen LogP contribution is -1.98. The van der Waals surface area contributed by atoms with Gasteiger partial charge in [-0.15, -0.1) is 0 Å². The summed E-state index contributed by atoms with van der Waals surface area (Å²) in [7, 11) is 0. The second-order valence-corrected chi connectivity index (χ2v) is 12.3. The Morgan fingerprint density at radius 1 is 0.480 bits per heavy atom. The van der Waals surface area contributed by atoms with Gasteiger partial charge in [0.1, 0.15) is 0 Å². The zero-order chi connectivity index (χ0) is 33.8. The van der Waals surface area contributed by atoms with Crippen LogP contribution < -0.4 is 0 Å². The van der Waals surface area contributed by atoms with Gasteiger partial charge in [0.05, 0.1) is 52.1 Å². The maximum Gasteiger partial charge on any atom is 0.197 e. The molecule has 0 saturated carbocycles. The van der Waals surface area contributed by atoms with Crippen LogP contribution in [-0.4, -0.2) is 9.13 Å². The van der Waals surface area contributed by atoms with Crippen LogP contribution in [0.3, 0.4) is 0 Å². The Morgan fingerprint density at radius 3 is 1.90 bits per heavy atom. The van der Waals surface area contributed by atoms with Crippen molar-refractivity contribution in [3.8, 4) is 45.8 Å². The van der Waals surface area contributed by atoms with E-state index in [9.17, 15) is 10.5 Å². The van der Waals surface area contributed by atoms with E-state index in [0.29, 0.717) is 16.8 Å². The zero-order valence-electron chi connectivity index (χ0n) is 26.7. The maximum absolute atomic E-state index is 9.89. The van der Waals surface area contributed by atoms with Crippen molar-refractivity contribution in [2.75, 3.05) is 0 Å². The Balaban J connectivity index is 1.17. The van der Waals surface area contributed by atoms with Crippen molar-refractivity contribution in [1.29, 1.82) is 10.5 Å². The first-order valence-electron chi connectivity index (χ1n) is 16.3. The molecule has 0 radical (unpaired) electrons. The minimum atomic E-state index is 0.584. The monoisotopic (exact) mass is 635 g/mol. The van der Waals surface area contributed by atoms with Crippen molar-refractivity contribution in [3.05, 3.63) is 174 Å². The molecule has 0 atom stereocenters. The Labute approximate surface area is 288 Å². The van der Waals surface area contributed by atoms with Crippen molar-refractivity contribution < 1.29 is 0 Å². The van der Waals surface area contributed by atoms with Crippen molar-refractivity contribution in [1.82, 2.24) is 9.13 Å². The molecule has 2 heterocycles. The van der Waals surface area contributed by atoms with Gasteiger partial charge in [-0.3, -0.25) is 0 Å². The Morgan fingerprint density at radius 2 is 1.12 bits per heavy atom. The molecule has 0 bridgehead atoms. The third-order valence-electron chi connectivity index (χ3n) is 9.60. The van der Waals surface area contributed by atoms with E-state index >= 15 is 0 Å². The fraction of sp³-hybridized carbons (Fsp3) is 0. The van der Waals surface area contributed by atoms with E-state index in [1.54, 1.807) is 0 Å². The molecule has 50 heavy (non-hydrogen) atoms. The number of hydrogen-bond acceptors (Lipinski definition) is 2. The summed E-state index contributed by atoms with van der Waals surface area (Å²) < 4.78 is 4.47. The first-order valence-corrected chi connectivity index (χ1v) is 16.3. The average molecular weight is 636 g/mol. The van der Waals surface area contributed by atoms with E-state index in [2.05, 4.69) is 105 Å². The molecule has 0 saturated heterocycles. The number of hydrogen-bond donors (Lipinski definition) is 0. The highest BCUT2D eigenvalue weighted by Crippen LogP contribution is 2.40. The van der Waals surface area contributed by atoms with Gasteiger partial charge in [-0.2, -0.15) is 10.5 Å². The summed E-state index contributed by atoms with van der Waals surface area (Å²) in [6.07, 6.45) is 0. The third kappa shape index (κ3) is 4.38. The molecule has 0 aliphatic heterocycles. The second kappa shape index (κ2) is 11.4. The van der Waals surface area contributed by atoms with Gasteiger partial charge in [-0.1, -0.05) is 84.9 Å². The van der Waals surface area contributed by atoms with Gasteiger partial charge >= 0.3 is 0 Å². The van der Waals surface area contributed by atoms with Gasteiger partial charge in [0, 0.05) is 32.9 Å². The normalized spacial score (nSPS) is 11.1. The largest absolute Gasteiger partial charge is 0.311 e. The maximum atomic E-state index is 9.89. The number of nitriles is 2. The van der Waals surface area contributed by atoms with Crippen molar-refractivity contribution in [2.24, 2.45) is 0 Å². The van der Waals surface area contributed by atoms with E-state index in [1.165, 1.54) is 0 Å². The van der Waals surface area contributed by atoms with Crippen LogP contribution in [0.2, 0.25) is 0 Å². The smallest absolute Gasteiger partial charge is 0.197 e. The van der Waals surface area contributed by atoms with Crippen LogP contribution in [-0.2, 0) is 0 Å². The molecule has 7 aromatic carbocycles. The molecule has 9 rings (SSSR count). The zero-order valence-corrected chi connectivity index (χ0v) is 26.7. The molecule has 0 N–H and O–H groups in total. The van der Waals surface area contributed by atoms with E-state index in [0.717, 1.165) is 77.2 Å². The highest BCUT2D eigenvalue weighted by atomic mass is 15.0. The third-order valence-corrected chi connectivity index (χ3v) is 9.60. The summed E-state index contributed by atoms with van der Waals surface area (Å²) in [5.74, 6) is 0. The van der Waals surface area contributed by atoms with Crippen LogP contribution in [0.25, 0.3) is 82.1 Å². The Hall–Kier alpha value is -7.39. The highest BCUT2D eigenvalue weighted by molar-refractivity contribution is 6.15. The van der Waals surface area contributed by atoms with Gasteiger partial charge in [0.25, 0.3) is 0 Å². The number of fused-ring (bicyclic) bond motifs is 6. The Bertz CT molecular complexity index is 2960. The minimum Gasteiger partial charge on any atom is -0.311 e. The summed E-state index contributed by atoms with van der Waals surface area (Å²) in [5.41, 5.74) is 12.0. The summed E-state index contributed by atoms with van der Waals surface area (Å²) in [6.45, 7) is 7.79. The molecule has 0 amide bonds. The predicted molar refractivity (Wildman–Crippen MR) is 202 cm³/mol. The van der Waals surface area contributed by atoms with Crippen LogP contribution in [0.15, 0.2) is 152 Å². The van der Waals surface area contributed by atoms with E-state index in [-0.39, 0.29) is 0 Å². The molecule has 5 nitrogen and oxygen atoms in total. The lowest BCUT2D eigenvalue weighted by Gasteiger charge is -2.15. The fourth-order valence-electron chi connectivity index (χ4n) is 7.37. The second-order valence-electron chi connectivity index (χ2n) is 12.3. The highest BCUT2D eigenvalue weighted by Gasteiger charge is 2.18. The van der Waals surface area contributed by atoms with Gasteiger partial charge in [-0.05, 0) is 88.8 Å². The summed E-state index contributed by atoms with van der Waals surface area (Å²) in [6, 6.07) is 55.6. The number of para-hydroxylation sites is 2. The number of nitrogens with zero attached hydrogens (tertiary/aromatic N) is 5. The molecule has 0 aliphatic carbocycles. The number of aromatic nitrogens is 2. The van der Waals surface area contributed by atoms with Gasteiger partial charge in [-0.25, -0.2) is 4.85 Å². The SMILES string of the molecule is [C-]#[N+]c1cccc2c1c1ccccc1n2-c1cccc(-c2ccc(-c3cc(C#N)ccc3-n3c4ccccc4c4cc(C#N)ccc43)cc2)c1. The van der Waals surface area contributed by atoms with E-state index in [4.69, 9.17) is 6.57 Å². The van der Waals surface area contributed by atoms with Gasteiger partial charge < -0.3 is 9.13 Å². The standard InChI is InChI=1S/C45H25N5/c1-48-39-12-7-15-44-45(39)36-11-3-5-14-41(36)49(44)34-9-6-8-33(26-34)31-18-20-32(21-19-31)37-24-29(27-46)16-22-42(37)50-40-13-4-2-10-35(40)38-25-30(28-47)17-23-43(38)50/h2-26H. The summed E-state index contributed by atoms with van der Waals surface area (Å²) >= 11 is 0. The molecule has 230 valence electrons. The van der Waals surface area contributed by atoms with Crippen LogP contribution in [0.1, 0.15) is 11.1 Å². The molecule has 0 spiro atoms. The van der Waals surface area contributed by atoms with Gasteiger partial charge in [0.15, 0.2) is 5.69 Å². The molecule has 2 aromatic heterocycles.